The predicted octanol–water partition coefficient (Wildman–Crippen LogP) is 2.78. The molecule has 0 spiro atoms. The lowest BCUT2D eigenvalue weighted by atomic mass is 10.0. The molecule has 1 aliphatic rings. The Morgan fingerprint density at radius 3 is 2.57 bits per heavy atom. The van der Waals surface area contributed by atoms with E-state index in [1.807, 2.05) is 0 Å². The number of halogens is 1. The Balaban J connectivity index is 2.42. The average molecular weight is 214 g/mol. The first kappa shape index (κ1) is 9.97. The third-order valence-corrected chi connectivity index (χ3v) is 3.47. The van der Waals surface area contributed by atoms with Crippen molar-refractivity contribution >= 4 is 11.6 Å². The first-order chi connectivity index (χ1) is 6.67. The van der Waals surface area contributed by atoms with E-state index in [0.29, 0.717) is 5.28 Å². The second-order valence-electron chi connectivity index (χ2n) is 4.28. The van der Waals surface area contributed by atoms with Crippen molar-refractivity contribution in [3.05, 3.63) is 11.1 Å². The molecule has 1 aliphatic carbocycles. The first-order valence-corrected chi connectivity index (χ1v) is 5.65. The van der Waals surface area contributed by atoms with Crippen molar-refractivity contribution in [2.45, 2.75) is 51.5 Å². The molecule has 3 nitrogen and oxygen atoms in total. The van der Waals surface area contributed by atoms with Gasteiger partial charge in [0.2, 0.25) is 5.28 Å². The molecule has 4 heteroatoms. The minimum absolute atomic E-state index is 0.159. The lowest BCUT2D eigenvalue weighted by Gasteiger charge is -2.27. The largest absolute Gasteiger partial charge is 0.296 e. The van der Waals surface area contributed by atoms with Crippen LogP contribution in [0, 0.1) is 0 Å². The molecule has 1 saturated carbocycles. The highest BCUT2D eigenvalue weighted by Crippen LogP contribution is 2.38. The maximum absolute atomic E-state index is 6.08. The fraction of sp³-hybridized carbons (Fsp3) is 0.800. The van der Waals surface area contributed by atoms with Gasteiger partial charge in [0.1, 0.15) is 5.82 Å². The Bertz CT molecular complexity index is 326. The molecule has 1 heterocycles. The average Bonchev–Trinajstić information content (AvgIpc) is 2.73. The summed E-state index contributed by atoms with van der Waals surface area (Å²) in [5, 5.41) is 8.61. The molecule has 1 fully saturated rings. The summed E-state index contributed by atoms with van der Waals surface area (Å²) in [6.07, 6.45) is 5.85. The van der Waals surface area contributed by atoms with Crippen LogP contribution in [0.3, 0.4) is 0 Å². The van der Waals surface area contributed by atoms with Gasteiger partial charge in [0.05, 0.1) is 0 Å². The van der Waals surface area contributed by atoms with Crippen molar-refractivity contribution in [2.24, 2.45) is 0 Å². The fourth-order valence-electron chi connectivity index (χ4n) is 2.42. The number of aromatic nitrogens is 3. The van der Waals surface area contributed by atoms with E-state index in [2.05, 4.69) is 28.6 Å². The van der Waals surface area contributed by atoms with E-state index in [-0.39, 0.29) is 5.54 Å². The Morgan fingerprint density at radius 2 is 2.00 bits per heavy atom. The zero-order valence-electron chi connectivity index (χ0n) is 8.76. The van der Waals surface area contributed by atoms with Gasteiger partial charge < -0.3 is 0 Å². The molecular formula is C10H16ClN3. The van der Waals surface area contributed by atoms with Crippen molar-refractivity contribution in [3.63, 3.8) is 0 Å². The van der Waals surface area contributed by atoms with E-state index in [0.717, 1.165) is 12.2 Å². The molecule has 0 bridgehead atoms. The normalized spacial score (nSPS) is 20.2. The molecule has 14 heavy (non-hydrogen) atoms. The lowest BCUT2D eigenvalue weighted by Crippen LogP contribution is -2.28. The monoisotopic (exact) mass is 213 g/mol. The molecule has 1 aromatic heterocycles. The van der Waals surface area contributed by atoms with Crippen LogP contribution in [0.2, 0.25) is 5.28 Å². The fourth-order valence-corrected chi connectivity index (χ4v) is 2.76. The van der Waals surface area contributed by atoms with Gasteiger partial charge in [0.25, 0.3) is 0 Å². The van der Waals surface area contributed by atoms with Crippen LogP contribution in [0.1, 0.15) is 45.4 Å². The van der Waals surface area contributed by atoms with Gasteiger partial charge in [-0.25, -0.2) is 0 Å². The van der Waals surface area contributed by atoms with Crippen LogP contribution in [0.15, 0.2) is 0 Å². The third-order valence-electron chi connectivity index (χ3n) is 3.23. The summed E-state index contributed by atoms with van der Waals surface area (Å²) >= 11 is 6.08. The van der Waals surface area contributed by atoms with E-state index in [9.17, 15) is 0 Å². The summed E-state index contributed by atoms with van der Waals surface area (Å²) in [4.78, 5) is 0. The number of nitrogens with zero attached hydrogens (tertiary/aromatic N) is 3. The van der Waals surface area contributed by atoms with Crippen LogP contribution in [0.25, 0.3) is 0 Å². The van der Waals surface area contributed by atoms with E-state index >= 15 is 0 Å². The molecule has 78 valence electrons. The molecule has 1 aromatic rings. The molecule has 0 aliphatic heterocycles. The molecule has 0 radical (unpaired) electrons. The van der Waals surface area contributed by atoms with Gasteiger partial charge in [-0.15, -0.1) is 10.2 Å². The van der Waals surface area contributed by atoms with Gasteiger partial charge in [-0.2, -0.15) is 0 Å². The van der Waals surface area contributed by atoms with Gasteiger partial charge in [-0.05, 0) is 31.4 Å². The van der Waals surface area contributed by atoms with Crippen molar-refractivity contribution in [1.82, 2.24) is 14.8 Å². The number of rotatable bonds is 2. The predicted molar refractivity (Wildman–Crippen MR) is 56.5 cm³/mol. The van der Waals surface area contributed by atoms with Crippen molar-refractivity contribution < 1.29 is 0 Å². The van der Waals surface area contributed by atoms with Gasteiger partial charge in [-0.1, -0.05) is 19.8 Å². The highest BCUT2D eigenvalue weighted by molar-refractivity contribution is 6.28. The molecule has 0 amide bonds. The van der Waals surface area contributed by atoms with E-state index in [1.54, 1.807) is 0 Å². The van der Waals surface area contributed by atoms with Gasteiger partial charge in [-0.3, -0.25) is 4.57 Å². The van der Waals surface area contributed by atoms with Gasteiger partial charge >= 0.3 is 0 Å². The zero-order chi connectivity index (χ0) is 10.2. The Morgan fingerprint density at radius 1 is 1.36 bits per heavy atom. The second kappa shape index (κ2) is 3.54. The standard InChI is InChI=1S/C10H16ClN3/c1-3-8-12-13-9(11)14(8)10(2)6-4-5-7-10/h3-7H2,1-2H3. The summed E-state index contributed by atoms with van der Waals surface area (Å²) in [6, 6.07) is 0. The van der Waals surface area contributed by atoms with E-state index in [1.165, 1.54) is 25.7 Å². The van der Waals surface area contributed by atoms with Crippen LogP contribution in [-0.4, -0.2) is 14.8 Å². The maximum Gasteiger partial charge on any atom is 0.225 e. The van der Waals surface area contributed by atoms with Crippen LogP contribution in [0.5, 0.6) is 0 Å². The molecular weight excluding hydrogens is 198 g/mol. The smallest absolute Gasteiger partial charge is 0.225 e. The quantitative estimate of drug-likeness (QED) is 0.757. The summed E-state index contributed by atoms with van der Waals surface area (Å²) in [5.74, 6) is 1.01. The van der Waals surface area contributed by atoms with E-state index < -0.39 is 0 Å². The molecule has 0 saturated heterocycles. The lowest BCUT2D eigenvalue weighted by molar-refractivity contribution is 0.319. The van der Waals surface area contributed by atoms with Crippen molar-refractivity contribution in [2.75, 3.05) is 0 Å². The Kier molecular flexibility index (Phi) is 2.52. The second-order valence-corrected chi connectivity index (χ2v) is 4.62. The third kappa shape index (κ3) is 1.44. The maximum atomic E-state index is 6.08. The number of hydrogen-bond donors (Lipinski definition) is 0. The van der Waals surface area contributed by atoms with Gasteiger partial charge in [0, 0.05) is 12.0 Å². The highest BCUT2D eigenvalue weighted by atomic mass is 35.5. The molecule has 0 atom stereocenters. The van der Waals surface area contributed by atoms with Crippen LogP contribution in [-0.2, 0) is 12.0 Å². The number of hydrogen-bond acceptors (Lipinski definition) is 2. The minimum atomic E-state index is 0.159. The summed E-state index contributed by atoms with van der Waals surface area (Å²) in [5.41, 5.74) is 0.159. The summed E-state index contributed by atoms with van der Waals surface area (Å²) in [7, 11) is 0. The number of aryl methyl sites for hydroxylation is 1. The summed E-state index contributed by atoms with van der Waals surface area (Å²) < 4.78 is 2.13. The SMILES string of the molecule is CCc1nnc(Cl)n1C1(C)CCCC1. The van der Waals surface area contributed by atoms with Crippen LogP contribution < -0.4 is 0 Å². The zero-order valence-corrected chi connectivity index (χ0v) is 9.51. The molecule has 2 rings (SSSR count). The van der Waals surface area contributed by atoms with Gasteiger partial charge in [0.15, 0.2) is 0 Å². The van der Waals surface area contributed by atoms with Crippen LogP contribution >= 0.6 is 11.6 Å². The molecule has 0 aromatic carbocycles. The first-order valence-electron chi connectivity index (χ1n) is 5.27. The van der Waals surface area contributed by atoms with Crippen molar-refractivity contribution in [3.8, 4) is 0 Å². The van der Waals surface area contributed by atoms with E-state index in [4.69, 9.17) is 11.6 Å². The van der Waals surface area contributed by atoms with Crippen LogP contribution in [0.4, 0.5) is 0 Å². The molecule has 0 N–H and O–H groups in total. The van der Waals surface area contributed by atoms with Crippen molar-refractivity contribution in [1.29, 1.82) is 0 Å². The minimum Gasteiger partial charge on any atom is -0.296 e. The topological polar surface area (TPSA) is 30.7 Å². The Hall–Kier alpha value is -0.570. The Labute approximate surface area is 89.5 Å². The molecule has 0 unspecified atom stereocenters. The summed E-state index contributed by atoms with van der Waals surface area (Å²) in [6.45, 7) is 4.35. The highest BCUT2D eigenvalue weighted by Gasteiger charge is 2.34.